The highest BCUT2D eigenvalue weighted by Gasteiger charge is 2.16. The number of hydrogen-bond donors (Lipinski definition) is 3. The number of benzene rings is 1. The monoisotopic (exact) mass is 436 g/mol. The van der Waals surface area contributed by atoms with Crippen LogP contribution < -0.4 is 16.0 Å². The first kappa shape index (κ1) is 22.2. The summed E-state index contributed by atoms with van der Waals surface area (Å²) in [6.45, 7) is 4.71. The minimum atomic E-state index is -0.317. The molecule has 3 rings (SSSR count). The van der Waals surface area contributed by atoms with Crippen LogP contribution in [0, 0.1) is 0 Å². The minimum absolute atomic E-state index is 0.255. The summed E-state index contributed by atoms with van der Waals surface area (Å²) in [6, 6.07) is 12.4. The van der Waals surface area contributed by atoms with Gasteiger partial charge in [0, 0.05) is 31.0 Å². The molecule has 3 N–H and O–H groups in total. The highest BCUT2D eigenvalue weighted by molar-refractivity contribution is 7.14. The first-order valence-corrected chi connectivity index (χ1v) is 10.8. The highest BCUT2D eigenvalue weighted by atomic mass is 32.1. The maximum absolute atomic E-state index is 12.5. The van der Waals surface area contributed by atoms with E-state index in [0.717, 1.165) is 5.56 Å². The maximum Gasteiger partial charge on any atom is 0.256 e. The molecule has 0 aliphatic carbocycles. The molecular formula is C23H24N4O3S. The number of hydrogen-bond acceptors (Lipinski definition) is 5. The summed E-state index contributed by atoms with van der Waals surface area (Å²) in [5.41, 5.74) is 2.53. The molecule has 0 spiro atoms. The molecular weight excluding hydrogens is 412 g/mol. The van der Waals surface area contributed by atoms with Gasteiger partial charge in [0.15, 0.2) is 0 Å². The summed E-state index contributed by atoms with van der Waals surface area (Å²) < 4.78 is 0. The van der Waals surface area contributed by atoms with Crippen molar-refractivity contribution in [2.24, 2.45) is 0 Å². The fraction of sp³-hybridized carbons (Fsp3) is 0.217. The molecule has 1 aromatic carbocycles. The van der Waals surface area contributed by atoms with Gasteiger partial charge in [-0.2, -0.15) is 0 Å². The van der Waals surface area contributed by atoms with Crippen molar-refractivity contribution in [2.75, 3.05) is 18.4 Å². The van der Waals surface area contributed by atoms with Gasteiger partial charge in [-0.25, -0.2) is 0 Å². The molecule has 3 amide bonds. The van der Waals surface area contributed by atoms with Crippen LogP contribution in [0.5, 0.6) is 0 Å². The van der Waals surface area contributed by atoms with E-state index in [1.165, 1.54) is 17.5 Å². The molecule has 3 aromatic rings. The zero-order valence-electron chi connectivity index (χ0n) is 17.3. The Morgan fingerprint density at radius 3 is 2.26 bits per heavy atom. The van der Waals surface area contributed by atoms with E-state index in [0.29, 0.717) is 27.6 Å². The summed E-state index contributed by atoms with van der Waals surface area (Å²) in [7, 11) is 0. The molecule has 160 valence electrons. The Bertz CT molecular complexity index is 1050. The van der Waals surface area contributed by atoms with Crippen molar-refractivity contribution in [3.63, 3.8) is 0 Å². The van der Waals surface area contributed by atoms with Crippen molar-refractivity contribution < 1.29 is 14.4 Å². The summed E-state index contributed by atoms with van der Waals surface area (Å²) in [6.07, 6.45) is 3.07. The molecule has 7 nitrogen and oxygen atoms in total. The Balaban J connectivity index is 1.51. The van der Waals surface area contributed by atoms with Crippen LogP contribution in [0.3, 0.4) is 0 Å². The van der Waals surface area contributed by atoms with Crippen molar-refractivity contribution in [1.29, 1.82) is 0 Å². The summed E-state index contributed by atoms with van der Waals surface area (Å²) >= 11 is 1.28. The smallest absolute Gasteiger partial charge is 0.256 e. The van der Waals surface area contributed by atoms with Crippen molar-refractivity contribution in [3.8, 4) is 0 Å². The lowest BCUT2D eigenvalue weighted by molar-refractivity contribution is 0.0928. The van der Waals surface area contributed by atoms with Crippen molar-refractivity contribution in [1.82, 2.24) is 15.6 Å². The lowest BCUT2D eigenvalue weighted by atomic mass is 10.0. The summed E-state index contributed by atoms with van der Waals surface area (Å²) in [4.78, 5) is 40.9. The average Bonchev–Trinajstić information content (AvgIpc) is 3.25. The topological polar surface area (TPSA) is 100 Å². The van der Waals surface area contributed by atoms with E-state index in [4.69, 9.17) is 0 Å². The predicted octanol–water partition coefficient (Wildman–Crippen LogP) is 3.68. The fourth-order valence-electron chi connectivity index (χ4n) is 2.83. The van der Waals surface area contributed by atoms with Crippen LogP contribution in [0.2, 0.25) is 0 Å². The molecule has 2 heterocycles. The van der Waals surface area contributed by atoms with E-state index in [1.54, 1.807) is 41.9 Å². The molecule has 0 radical (unpaired) electrons. The standard InChI is InChI=1S/C23H24N4O3S/c1-15(2)16-5-7-17(8-6-16)21(29)27-23-19(9-13-31-23)22(30)26-12-11-25-20(28)18-4-3-10-24-14-18/h3-10,13-15H,11-12H2,1-2H3,(H,25,28)(H,26,30)(H,27,29). The number of anilines is 1. The number of aromatic nitrogens is 1. The van der Waals surface area contributed by atoms with Gasteiger partial charge in [0.2, 0.25) is 0 Å². The van der Waals surface area contributed by atoms with Gasteiger partial charge in [0.1, 0.15) is 5.00 Å². The molecule has 0 bridgehead atoms. The third-order valence-corrected chi connectivity index (χ3v) is 5.43. The molecule has 0 fully saturated rings. The summed E-state index contributed by atoms with van der Waals surface area (Å²) in [5, 5.41) is 10.5. The molecule has 8 heteroatoms. The van der Waals surface area contributed by atoms with Crippen LogP contribution in [-0.4, -0.2) is 35.8 Å². The van der Waals surface area contributed by atoms with Crippen LogP contribution in [0.25, 0.3) is 0 Å². The van der Waals surface area contributed by atoms with Crippen LogP contribution in [0.15, 0.2) is 60.2 Å². The zero-order valence-corrected chi connectivity index (χ0v) is 18.2. The van der Waals surface area contributed by atoms with Crippen LogP contribution in [0.1, 0.15) is 56.4 Å². The van der Waals surface area contributed by atoms with Crippen LogP contribution in [-0.2, 0) is 0 Å². The van der Waals surface area contributed by atoms with Gasteiger partial charge in [-0.1, -0.05) is 26.0 Å². The van der Waals surface area contributed by atoms with Crippen LogP contribution >= 0.6 is 11.3 Å². The maximum atomic E-state index is 12.5. The Morgan fingerprint density at radius 2 is 1.61 bits per heavy atom. The van der Waals surface area contributed by atoms with E-state index in [1.807, 2.05) is 12.1 Å². The highest BCUT2D eigenvalue weighted by Crippen LogP contribution is 2.24. The number of carbonyl (C=O) groups is 3. The van der Waals surface area contributed by atoms with E-state index in [9.17, 15) is 14.4 Å². The Labute approximate surface area is 184 Å². The van der Waals surface area contributed by atoms with Gasteiger partial charge in [0.25, 0.3) is 17.7 Å². The van der Waals surface area contributed by atoms with Gasteiger partial charge in [-0.15, -0.1) is 11.3 Å². The molecule has 0 aliphatic rings. The van der Waals surface area contributed by atoms with Gasteiger partial charge in [-0.3, -0.25) is 19.4 Å². The number of amides is 3. The number of rotatable bonds is 8. The number of pyridine rings is 1. The van der Waals surface area contributed by atoms with Crippen LogP contribution in [0.4, 0.5) is 5.00 Å². The molecule has 0 unspecified atom stereocenters. The third kappa shape index (κ3) is 5.99. The van der Waals surface area contributed by atoms with Crippen molar-refractivity contribution >= 4 is 34.1 Å². The molecule has 0 aliphatic heterocycles. The number of nitrogens with one attached hydrogen (secondary N) is 3. The second-order valence-electron chi connectivity index (χ2n) is 7.15. The Morgan fingerprint density at radius 1 is 0.903 bits per heavy atom. The molecule has 0 saturated carbocycles. The normalized spacial score (nSPS) is 10.5. The number of nitrogens with zero attached hydrogens (tertiary/aromatic N) is 1. The second kappa shape index (κ2) is 10.5. The minimum Gasteiger partial charge on any atom is -0.350 e. The Hall–Kier alpha value is -3.52. The predicted molar refractivity (Wildman–Crippen MR) is 122 cm³/mol. The average molecular weight is 437 g/mol. The van der Waals surface area contributed by atoms with Gasteiger partial charge < -0.3 is 16.0 Å². The lowest BCUT2D eigenvalue weighted by Crippen LogP contribution is -2.34. The van der Waals surface area contributed by atoms with E-state index in [2.05, 4.69) is 34.8 Å². The molecule has 31 heavy (non-hydrogen) atoms. The first-order valence-electron chi connectivity index (χ1n) is 9.91. The van der Waals surface area contributed by atoms with Gasteiger partial charge >= 0.3 is 0 Å². The van der Waals surface area contributed by atoms with Gasteiger partial charge in [-0.05, 0) is 47.2 Å². The van der Waals surface area contributed by atoms with Crippen molar-refractivity contribution in [2.45, 2.75) is 19.8 Å². The third-order valence-electron chi connectivity index (χ3n) is 4.60. The second-order valence-corrected chi connectivity index (χ2v) is 8.06. The number of carbonyl (C=O) groups excluding carboxylic acids is 3. The quantitative estimate of drug-likeness (QED) is 0.469. The summed E-state index contributed by atoms with van der Waals surface area (Å²) in [5.74, 6) is -0.453. The first-order chi connectivity index (χ1) is 15.0. The van der Waals surface area contributed by atoms with E-state index < -0.39 is 0 Å². The largest absolute Gasteiger partial charge is 0.350 e. The Kier molecular flexibility index (Phi) is 7.50. The van der Waals surface area contributed by atoms with E-state index >= 15 is 0 Å². The molecule has 0 atom stereocenters. The zero-order chi connectivity index (χ0) is 22.2. The molecule has 0 saturated heterocycles. The number of thiophene rings is 1. The SMILES string of the molecule is CC(C)c1ccc(C(=O)Nc2sccc2C(=O)NCCNC(=O)c2cccnc2)cc1. The van der Waals surface area contributed by atoms with E-state index in [-0.39, 0.29) is 30.8 Å². The fourth-order valence-corrected chi connectivity index (χ4v) is 3.61. The lowest BCUT2D eigenvalue weighted by Gasteiger charge is -2.09. The van der Waals surface area contributed by atoms with Gasteiger partial charge in [0.05, 0.1) is 11.1 Å². The van der Waals surface area contributed by atoms with Crippen molar-refractivity contribution in [3.05, 3.63) is 82.5 Å². The molecule has 2 aromatic heterocycles.